The van der Waals surface area contributed by atoms with Gasteiger partial charge < -0.3 is 19.4 Å². The number of hydrogen-bond donors (Lipinski definition) is 1. The number of imidazole rings is 1. The number of carbonyl (C=O) groups is 1. The van der Waals surface area contributed by atoms with Crippen LogP contribution in [0.15, 0.2) is 42.5 Å². The Morgan fingerprint density at radius 2 is 2.11 bits per heavy atom. The summed E-state index contributed by atoms with van der Waals surface area (Å²) < 4.78 is 133. The molecule has 0 spiro atoms. The van der Waals surface area contributed by atoms with Crippen LogP contribution >= 0.6 is 0 Å². The third-order valence-corrected chi connectivity index (χ3v) is 6.60. The molecule has 2 unspecified atom stereocenters. The average Bonchev–Trinajstić information content (AvgIpc) is 3.37. The van der Waals surface area contributed by atoms with Crippen LogP contribution in [0.3, 0.4) is 0 Å². The molecule has 9 heteroatoms. The molecule has 1 aliphatic carbocycles. The first kappa shape index (κ1) is 18.4. The maximum atomic E-state index is 15.9. The number of halogens is 3. The van der Waals surface area contributed by atoms with Gasteiger partial charge in [0.15, 0.2) is 0 Å². The number of aryl methyl sites for hydroxylation is 1. The van der Waals surface area contributed by atoms with Crippen LogP contribution in [0.25, 0.3) is 11.0 Å². The third-order valence-electron chi connectivity index (χ3n) is 6.60. The lowest BCUT2D eigenvalue weighted by Crippen LogP contribution is -2.52. The first-order valence-electron chi connectivity index (χ1n) is 16.6. The summed E-state index contributed by atoms with van der Waals surface area (Å²) in [6, 6.07) is 9.09. The van der Waals surface area contributed by atoms with E-state index >= 15 is 8.78 Å². The minimum absolute atomic E-state index is 0.0529. The van der Waals surface area contributed by atoms with E-state index in [0.717, 1.165) is 12.1 Å². The Bertz CT molecular complexity index is 1580. The molecule has 2 aromatic carbocycles. The van der Waals surface area contributed by atoms with Crippen molar-refractivity contribution in [3.63, 3.8) is 0 Å². The summed E-state index contributed by atoms with van der Waals surface area (Å²) in [4.78, 5) is 19.6. The topological polar surface area (TPSA) is 67.4 Å². The number of nitrogens with zero attached hydrogens (tertiary/aromatic N) is 2. The highest BCUT2D eigenvalue weighted by molar-refractivity contribution is 5.74. The molecule has 6 nitrogen and oxygen atoms in total. The van der Waals surface area contributed by atoms with E-state index in [2.05, 4.69) is 9.97 Å². The monoisotopic (exact) mass is 540 g/mol. The molecule has 0 aliphatic heterocycles. The molecule has 0 radical (unpaired) electrons. The number of ether oxygens (including phenoxy) is 2. The second kappa shape index (κ2) is 11.5. The highest BCUT2D eigenvalue weighted by Crippen LogP contribution is 2.55. The smallest absolute Gasteiger partial charge is 0.332 e. The van der Waals surface area contributed by atoms with E-state index in [-0.39, 0.29) is 16.0 Å². The number of methoxy groups -OCH3 is 1. The Balaban J connectivity index is 1.81. The van der Waals surface area contributed by atoms with Crippen LogP contribution < -0.4 is 0 Å². The van der Waals surface area contributed by atoms with Crippen LogP contribution in [0.2, 0.25) is 0 Å². The molecule has 1 heterocycles. The van der Waals surface area contributed by atoms with Crippen LogP contribution in [0.1, 0.15) is 68.3 Å². The molecule has 4 rings (SSSR count). The van der Waals surface area contributed by atoms with Crippen molar-refractivity contribution in [1.29, 1.82) is 0 Å². The second-order valence-electron chi connectivity index (χ2n) is 9.67. The van der Waals surface area contributed by atoms with Gasteiger partial charge in [0.05, 0.1) is 17.5 Å². The van der Waals surface area contributed by atoms with Crippen molar-refractivity contribution in [2.24, 2.45) is 5.92 Å². The van der Waals surface area contributed by atoms with Gasteiger partial charge in [-0.3, -0.25) is 0 Å². The number of benzene rings is 2. The standard InChI is InChI=1S/C29H36F3N3O3/c1-19(2)27-21-12-11-20(30)16-22(21)29(31,32)18-28(27,38-26(36)17-37-4)13-15-35(3)14-7-10-25-33-23-8-5-6-9-24(23)34-25/h5-6,8-9,11-12,16,19,27H,7,10,13-15,17-18H2,1-4H3,(H,33,34)/i3D3,7D2,10D2,14D2. The molecule has 3 aromatic rings. The zero-order valence-electron chi connectivity index (χ0n) is 30.3. The number of hydrogen-bond acceptors (Lipinski definition) is 5. The molecular formula is C29H36F3N3O3. The van der Waals surface area contributed by atoms with Crippen molar-refractivity contribution < 1.29 is 39.8 Å². The van der Waals surface area contributed by atoms with E-state index in [0.29, 0.717) is 11.6 Å². The first-order valence-corrected chi connectivity index (χ1v) is 12.1. The van der Waals surface area contributed by atoms with Gasteiger partial charge in [-0.2, -0.15) is 0 Å². The fourth-order valence-electron chi connectivity index (χ4n) is 5.24. The molecule has 0 amide bonds. The van der Waals surface area contributed by atoms with Crippen LogP contribution in [-0.4, -0.2) is 60.2 Å². The fourth-order valence-corrected chi connectivity index (χ4v) is 5.24. The zero-order chi connectivity index (χ0) is 35.4. The number of aromatic amines is 1. The van der Waals surface area contributed by atoms with E-state index < -0.39 is 98.7 Å². The summed E-state index contributed by atoms with van der Waals surface area (Å²) in [6.07, 6.45) is -8.85. The minimum atomic E-state index is -3.78. The van der Waals surface area contributed by atoms with E-state index in [4.69, 9.17) is 21.8 Å². The number of carbonyl (C=O) groups excluding carboxylic acids is 1. The Morgan fingerprint density at radius 3 is 2.82 bits per heavy atom. The molecular weight excluding hydrogens is 495 g/mol. The normalized spacial score (nSPS) is 25.7. The maximum Gasteiger partial charge on any atom is 0.332 e. The molecule has 2 atom stereocenters. The van der Waals surface area contributed by atoms with Gasteiger partial charge in [-0.1, -0.05) is 32.0 Å². The first-order chi connectivity index (χ1) is 21.5. The maximum absolute atomic E-state index is 15.9. The van der Waals surface area contributed by atoms with Gasteiger partial charge in [0, 0.05) is 50.3 Å². The highest BCUT2D eigenvalue weighted by Gasteiger charge is 2.57. The molecule has 1 aromatic heterocycles. The number of aromatic nitrogens is 2. The Labute approximate surface area is 234 Å². The van der Waals surface area contributed by atoms with Gasteiger partial charge in [-0.05, 0) is 55.6 Å². The Hall–Kier alpha value is -2.91. The van der Waals surface area contributed by atoms with Crippen LogP contribution in [-0.2, 0) is 26.6 Å². The summed E-state index contributed by atoms with van der Waals surface area (Å²) in [5.41, 5.74) is -2.31. The van der Waals surface area contributed by atoms with Gasteiger partial charge in [0.25, 0.3) is 5.92 Å². The molecule has 1 N–H and O–H groups in total. The van der Waals surface area contributed by atoms with Crippen molar-refractivity contribution in [3.8, 4) is 0 Å². The number of alkyl halides is 2. The number of nitrogens with one attached hydrogen (secondary N) is 1. The number of para-hydroxylation sites is 2. The molecule has 0 saturated heterocycles. The Kier molecular flexibility index (Phi) is 5.54. The third kappa shape index (κ3) is 6.04. The van der Waals surface area contributed by atoms with E-state index in [1.54, 1.807) is 32.0 Å². The van der Waals surface area contributed by atoms with Crippen LogP contribution in [0.4, 0.5) is 13.2 Å². The summed E-state index contributed by atoms with van der Waals surface area (Å²) in [5, 5.41) is 0. The number of rotatable bonds is 11. The molecule has 0 saturated carbocycles. The minimum Gasteiger partial charge on any atom is -0.456 e. The van der Waals surface area contributed by atoms with Crippen LogP contribution in [0.5, 0.6) is 0 Å². The molecule has 0 bridgehead atoms. The van der Waals surface area contributed by atoms with Gasteiger partial charge in [-0.15, -0.1) is 0 Å². The molecule has 0 fully saturated rings. The predicted octanol–water partition coefficient (Wildman–Crippen LogP) is 5.82. The largest absolute Gasteiger partial charge is 0.456 e. The van der Waals surface area contributed by atoms with Gasteiger partial charge in [0.1, 0.15) is 23.8 Å². The van der Waals surface area contributed by atoms with Crippen molar-refractivity contribution in [2.45, 2.75) is 56.9 Å². The lowest BCUT2D eigenvalue weighted by molar-refractivity contribution is -0.188. The zero-order valence-corrected chi connectivity index (χ0v) is 21.3. The lowest BCUT2D eigenvalue weighted by Gasteiger charge is -2.49. The molecule has 38 heavy (non-hydrogen) atoms. The summed E-state index contributed by atoms with van der Waals surface area (Å²) >= 11 is 0. The number of H-pyrrole nitrogens is 1. The predicted molar refractivity (Wildman–Crippen MR) is 140 cm³/mol. The quantitative estimate of drug-likeness (QED) is 0.311. The molecule has 1 aliphatic rings. The summed E-state index contributed by atoms with van der Waals surface area (Å²) in [6.45, 7) is -5.44. The lowest BCUT2D eigenvalue weighted by atomic mass is 9.64. The van der Waals surface area contributed by atoms with Gasteiger partial charge in [-0.25, -0.2) is 22.9 Å². The summed E-state index contributed by atoms with van der Waals surface area (Å²) in [5.74, 6) is -8.00. The fraction of sp³-hybridized carbons (Fsp3) is 0.517. The van der Waals surface area contributed by atoms with E-state index in [1.165, 1.54) is 13.2 Å². The SMILES string of the molecule is [2H]C([2H])([2H])N(CCC1(OC(=O)COC)CC(F)(F)c2cc(F)ccc2C1C(C)C)C([2H])([2H])C([2H])([2H])C([2H])([2H])c1nc2ccccc2[nH]1. The van der Waals surface area contributed by atoms with Gasteiger partial charge in [0.2, 0.25) is 0 Å². The van der Waals surface area contributed by atoms with Crippen molar-refractivity contribution in [1.82, 2.24) is 14.9 Å². The van der Waals surface area contributed by atoms with Crippen molar-refractivity contribution in [2.75, 3.05) is 33.7 Å². The highest BCUT2D eigenvalue weighted by atomic mass is 19.3. The number of esters is 1. The van der Waals surface area contributed by atoms with Crippen molar-refractivity contribution in [3.05, 3.63) is 65.2 Å². The van der Waals surface area contributed by atoms with Gasteiger partial charge >= 0.3 is 5.97 Å². The Morgan fingerprint density at radius 1 is 1.32 bits per heavy atom. The van der Waals surface area contributed by atoms with Crippen molar-refractivity contribution >= 4 is 17.0 Å². The molecule has 206 valence electrons. The van der Waals surface area contributed by atoms with Crippen LogP contribution in [0, 0.1) is 11.7 Å². The number of fused-ring (bicyclic) bond motifs is 2. The van der Waals surface area contributed by atoms with E-state index in [1.807, 2.05) is 0 Å². The van der Waals surface area contributed by atoms with E-state index in [9.17, 15) is 9.18 Å². The average molecular weight is 541 g/mol. The summed E-state index contributed by atoms with van der Waals surface area (Å²) in [7, 11) is 1.17. The second-order valence-corrected chi connectivity index (χ2v) is 9.67.